The summed E-state index contributed by atoms with van der Waals surface area (Å²) in [6.07, 6.45) is 3.00. The van der Waals surface area contributed by atoms with Gasteiger partial charge in [0.1, 0.15) is 23.2 Å². The summed E-state index contributed by atoms with van der Waals surface area (Å²) in [4.78, 5) is 22.7. The molecule has 0 amide bonds. The molecule has 26 heavy (non-hydrogen) atoms. The van der Waals surface area contributed by atoms with Crippen molar-refractivity contribution in [3.63, 3.8) is 0 Å². The zero-order chi connectivity index (χ0) is 18.9. The molecule has 0 spiro atoms. The van der Waals surface area contributed by atoms with Crippen LogP contribution in [0.25, 0.3) is 11.0 Å². The maximum absolute atomic E-state index is 13.4. The van der Waals surface area contributed by atoms with Crippen LogP contribution in [0.4, 0.5) is 21.8 Å². The van der Waals surface area contributed by atoms with Gasteiger partial charge in [-0.1, -0.05) is 11.6 Å². The number of rotatable bonds is 4. The van der Waals surface area contributed by atoms with Crippen molar-refractivity contribution < 1.29 is 9.23 Å². The number of aromatic nitrogens is 4. The van der Waals surface area contributed by atoms with Crippen LogP contribution in [0, 0.1) is 5.82 Å². The number of nitrogens with zero attached hydrogens (tertiary/aromatic N) is 5. The first-order chi connectivity index (χ1) is 12.3. The lowest BCUT2D eigenvalue weighted by Gasteiger charge is -2.32. The maximum Gasteiger partial charge on any atom is 0.251 e. The number of nitrogens with one attached hydrogen (secondary N) is 1. The fraction of sp³-hybridized carbons (Fsp3) is 0.294. The number of halogens is 2. The van der Waals surface area contributed by atoms with Gasteiger partial charge in [-0.15, -0.1) is 0 Å². The molecule has 2 aromatic heterocycles. The first-order valence-electron chi connectivity index (χ1n) is 7.84. The smallest absolute Gasteiger partial charge is 0.251 e. The lowest BCUT2D eigenvalue weighted by Crippen LogP contribution is -2.41. The Bertz CT molecular complexity index is 946. The first-order valence-corrected chi connectivity index (χ1v) is 8.21. The highest BCUT2D eigenvalue weighted by atomic mass is 35.5. The molecule has 0 saturated heterocycles. The van der Waals surface area contributed by atoms with E-state index in [0.29, 0.717) is 28.5 Å². The van der Waals surface area contributed by atoms with Crippen molar-refractivity contribution in [2.24, 2.45) is 0 Å². The molecule has 0 aliphatic rings. The molecule has 0 unspecified atom stereocenters. The van der Waals surface area contributed by atoms with Crippen LogP contribution < -0.4 is 10.4 Å². The van der Waals surface area contributed by atoms with E-state index >= 15 is 0 Å². The van der Waals surface area contributed by atoms with E-state index in [4.69, 9.17) is 16.4 Å². The van der Waals surface area contributed by atoms with Gasteiger partial charge < -0.3 is 5.32 Å². The second-order valence-electron chi connectivity index (χ2n) is 6.53. The van der Waals surface area contributed by atoms with Crippen LogP contribution in [-0.2, 0) is 4.84 Å². The van der Waals surface area contributed by atoms with Crippen molar-refractivity contribution >= 4 is 40.1 Å². The van der Waals surface area contributed by atoms with Crippen LogP contribution in [0.3, 0.4) is 0 Å². The van der Waals surface area contributed by atoms with Gasteiger partial charge in [0, 0.05) is 5.69 Å². The topological polar surface area (TPSA) is 76.1 Å². The summed E-state index contributed by atoms with van der Waals surface area (Å²) in [7, 11) is 1.56. The predicted molar refractivity (Wildman–Crippen MR) is 99.1 cm³/mol. The minimum Gasteiger partial charge on any atom is -0.338 e. The first kappa shape index (κ1) is 18.2. The fourth-order valence-corrected chi connectivity index (χ4v) is 2.58. The zero-order valence-corrected chi connectivity index (χ0v) is 15.5. The van der Waals surface area contributed by atoms with Crippen molar-refractivity contribution in [1.82, 2.24) is 19.9 Å². The normalized spacial score (nSPS) is 11.6. The Balaban J connectivity index is 2.05. The van der Waals surface area contributed by atoms with Crippen LogP contribution in [0.1, 0.15) is 20.8 Å². The largest absolute Gasteiger partial charge is 0.338 e. The van der Waals surface area contributed by atoms with Gasteiger partial charge >= 0.3 is 0 Å². The number of hydroxylamine groups is 1. The molecule has 3 rings (SSSR count). The third-order valence-electron chi connectivity index (χ3n) is 3.52. The molecule has 1 N–H and O–H groups in total. The Morgan fingerprint density at radius 3 is 2.62 bits per heavy atom. The molecule has 3 aromatic rings. The number of hydrogen-bond donors (Lipinski definition) is 1. The Morgan fingerprint density at radius 2 is 1.96 bits per heavy atom. The Kier molecular flexibility index (Phi) is 4.88. The molecule has 0 radical (unpaired) electrons. The number of anilines is 3. The molecule has 1 aromatic carbocycles. The molecule has 0 aliphatic carbocycles. The van der Waals surface area contributed by atoms with E-state index in [1.54, 1.807) is 24.4 Å². The third kappa shape index (κ3) is 3.66. The summed E-state index contributed by atoms with van der Waals surface area (Å²) in [6.45, 7) is 5.93. The summed E-state index contributed by atoms with van der Waals surface area (Å²) in [5.74, 6) is 0.337. The highest BCUT2D eigenvalue weighted by Gasteiger charge is 2.25. The average Bonchev–Trinajstić information content (AvgIpc) is 2.58. The molecule has 0 atom stereocenters. The van der Waals surface area contributed by atoms with E-state index in [1.807, 2.05) is 20.8 Å². The average molecular weight is 377 g/mol. The van der Waals surface area contributed by atoms with E-state index in [1.165, 1.54) is 18.5 Å². The van der Waals surface area contributed by atoms with Gasteiger partial charge in [0.25, 0.3) is 5.95 Å². The highest BCUT2D eigenvalue weighted by molar-refractivity contribution is 6.31. The minimum absolute atomic E-state index is 0.0157. The molecular weight excluding hydrogens is 359 g/mol. The van der Waals surface area contributed by atoms with Crippen LogP contribution in [-0.4, -0.2) is 32.6 Å². The predicted octanol–water partition coefficient (Wildman–Crippen LogP) is 4.12. The van der Waals surface area contributed by atoms with Crippen molar-refractivity contribution in [1.29, 1.82) is 0 Å². The van der Waals surface area contributed by atoms with E-state index in [0.717, 1.165) is 0 Å². The van der Waals surface area contributed by atoms with Crippen molar-refractivity contribution in [3.8, 4) is 0 Å². The molecule has 0 aliphatic heterocycles. The summed E-state index contributed by atoms with van der Waals surface area (Å²) < 4.78 is 13.4. The van der Waals surface area contributed by atoms with Crippen LogP contribution in [0.2, 0.25) is 5.02 Å². The standard InChI is InChI=1S/C17H18ClFN6O/c1-17(2,3)25(26-4)16-20-8-13-14(24-16)15(22-9-21-13)23-10-5-6-12(19)11(18)7-10/h5-9H,1-4H3,(H,21,22,23). The monoisotopic (exact) mass is 376 g/mol. The number of fused-ring (bicyclic) bond motifs is 1. The van der Waals surface area contributed by atoms with Crippen LogP contribution >= 0.6 is 11.6 Å². The molecular formula is C17H18ClFN6O. The summed E-state index contributed by atoms with van der Waals surface area (Å²) in [6, 6.07) is 4.32. The maximum atomic E-state index is 13.4. The van der Waals surface area contributed by atoms with Crippen LogP contribution in [0.5, 0.6) is 0 Å². The van der Waals surface area contributed by atoms with E-state index < -0.39 is 5.82 Å². The van der Waals surface area contributed by atoms with Gasteiger partial charge in [-0.3, -0.25) is 4.84 Å². The molecule has 0 saturated carbocycles. The van der Waals surface area contributed by atoms with Gasteiger partial charge in [0.2, 0.25) is 0 Å². The molecule has 136 valence electrons. The van der Waals surface area contributed by atoms with E-state index in [2.05, 4.69) is 25.3 Å². The van der Waals surface area contributed by atoms with Crippen LogP contribution in [0.15, 0.2) is 30.7 Å². The second kappa shape index (κ2) is 6.97. The Labute approximate surface area is 155 Å². The van der Waals surface area contributed by atoms with Gasteiger partial charge in [0.15, 0.2) is 5.82 Å². The fourth-order valence-electron chi connectivity index (χ4n) is 2.40. The Hall–Kier alpha value is -2.58. The van der Waals surface area contributed by atoms with Gasteiger partial charge in [-0.05, 0) is 39.0 Å². The van der Waals surface area contributed by atoms with Crippen molar-refractivity contribution in [2.75, 3.05) is 17.5 Å². The lowest BCUT2D eigenvalue weighted by atomic mass is 10.1. The SMILES string of the molecule is CON(c1ncc2ncnc(Nc3ccc(F)c(Cl)c3)c2n1)C(C)(C)C. The zero-order valence-electron chi connectivity index (χ0n) is 14.8. The molecule has 7 nitrogen and oxygen atoms in total. The molecule has 0 bridgehead atoms. The van der Waals surface area contributed by atoms with Gasteiger partial charge in [-0.25, -0.2) is 29.4 Å². The number of benzene rings is 1. The summed E-state index contributed by atoms with van der Waals surface area (Å²) in [5.41, 5.74) is 1.29. The number of hydrogen-bond acceptors (Lipinski definition) is 7. The van der Waals surface area contributed by atoms with E-state index in [9.17, 15) is 4.39 Å². The van der Waals surface area contributed by atoms with E-state index in [-0.39, 0.29) is 10.6 Å². The molecule has 0 fully saturated rings. The second-order valence-corrected chi connectivity index (χ2v) is 6.93. The van der Waals surface area contributed by atoms with Crippen molar-refractivity contribution in [2.45, 2.75) is 26.3 Å². The Morgan fingerprint density at radius 1 is 1.19 bits per heavy atom. The quantitative estimate of drug-likeness (QED) is 0.686. The highest BCUT2D eigenvalue weighted by Crippen LogP contribution is 2.27. The lowest BCUT2D eigenvalue weighted by molar-refractivity contribution is 0.110. The van der Waals surface area contributed by atoms with Gasteiger partial charge in [0.05, 0.1) is 23.9 Å². The van der Waals surface area contributed by atoms with Crippen molar-refractivity contribution in [3.05, 3.63) is 41.6 Å². The van der Waals surface area contributed by atoms with Gasteiger partial charge in [-0.2, -0.15) is 0 Å². The minimum atomic E-state index is -0.490. The summed E-state index contributed by atoms with van der Waals surface area (Å²) in [5, 5.41) is 4.70. The molecule has 9 heteroatoms. The third-order valence-corrected chi connectivity index (χ3v) is 3.81. The molecule has 2 heterocycles. The summed E-state index contributed by atoms with van der Waals surface area (Å²) >= 11 is 5.84.